The minimum Gasteiger partial charge on any atom is -0.375 e. The largest absolute Gasteiger partial charge is 0.375 e. The predicted octanol–water partition coefficient (Wildman–Crippen LogP) is 2.14. The molecule has 0 unspecified atom stereocenters. The Kier molecular flexibility index (Phi) is 4.28. The zero-order chi connectivity index (χ0) is 12.3. The third-order valence-corrected chi connectivity index (χ3v) is 5.14. The molecule has 0 atom stereocenters. The number of thiazole rings is 1. The molecule has 2 N–H and O–H groups in total. The molecule has 17 heavy (non-hydrogen) atoms. The van der Waals surface area contributed by atoms with Crippen LogP contribution in [0, 0.1) is 6.92 Å². The summed E-state index contributed by atoms with van der Waals surface area (Å²) in [5.74, 6) is 0.740. The molecule has 0 bridgehead atoms. The molecule has 0 aliphatic carbocycles. The van der Waals surface area contributed by atoms with E-state index in [0.29, 0.717) is 10.9 Å². The normalized spacial score (nSPS) is 16.2. The SMILES string of the molecule is Cc1nc(N)sc1SCC(=O)N1CCCCC1. The van der Waals surface area contributed by atoms with Gasteiger partial charge in [-0.1, -0.05) is 11.3 Å². The standard InChI is InChI=1S/C11H17N3OS2/c1-8-10(17-11(12)13-8)16-7-9(15)14-5-3-2-4-6-14/h2-7H2,1H3,(H2,12,13). The van der Waals surface area contributed by atoms with Crippen LogP contribution >= 0.6 is 23.1 Å². The van der Waals surface area contributed by atoms with Gasteiger partial charge in [0.15, 0.2) is 5.13 Å². The number of nitrogen functional groups attached to an aromatic ring is 1. The Balaban J connectivity index is 1.85. The number of nitrogens with zero attached hydrogens (tertiary/aromatic N) is 2. The summed E-state index contributed by atoms with van der Waals surface area (Å²) in [5.41, 5.74) is 6.56. The van der Waals surface area contributed by atoms with Gasteiger partial charge in [-0.05, 0) is 26.2 Å². The molecule has 94 valence electrons. The van der Waals surface area contributed by atoms with Crippen molar-refractivity contribution in [3.8, 4) is 0 Å². The van der Waals surface area contributed by atoms with Gasteiger partial charge >= 0.3 is 0 Å². The van der Waals surface area contributed by atoms with Crippen LogP contribution in [0.1, 0.15) is 25.0 Å². The number of thioether (sulfide) groups is 1. The minimum atomic E-state index is 0.237. The number of carbonyl (C=O) groups is 1. The number of nitrogens with two attached hydrogens (primary N) is 1. The van der Waals surface area contributed by atoms with Crippen LogP contribution in [-0.2, 0) is 4.79 Å². The molecule has 0 saturated carbocycles. The number of anilines is 1. The van der Waals surface area contributed by atoms with Crippen molar-refractivity contribution >= 4 is 34.1 Å². The summed E-state index contributed by atoms with van der Waals surface area (Å²) in [5, 5.41) is 0.579. The summed E-state index contributed by atoms with van der Waals surface area (Å²) in [6, 6.07) is 0. The molecule has 6 heteroatoms. The smallest absolute Gasteiger partial charge is 0.232 e. The highest BCUT2D eigenvalue weighted by Crippen LogP contribution is 2.30. The van der Waals surface area contributed by atoms with Crippen molar-refractivity contribution in [2.45, 2.75) is 30.4 Å². The lowest BCUT2D eigenvalue weighted by Gasteiger charge is -2.26. The maximum absolute atomic E-state index is 11.9. The second kappa shape index (κ2) is 5.73. The van der Waals surface area contributed by atoms with Crippen LogP contribution < -0.4 is 5.73 Å². The lowest BCUT2D eigenvalue weighted by Crippen LogP contribution is -2.36. The van der Waals surface area contributed by atoms with Gasteiger partial charge in [-0.15, -0.1) is 11.8 Å². The Morgan fingerprint density at radius 3 is 2.76 bits per heavy atom. The minimum absolute atomic E-state index is 0.237. The zero-order valence-electron chi connectivity index (χ0n) is 9.94. The van der Waals surface area contributed by atoms with Gasteiger partial charge in [-0.25, -0.2) is 4.98 Å². The first kappa shape index (κ1) is 12.7. The summed E-state index contributed by atoms with van der Waals surface area (Å²) in [4.78, 5) is 18.1. The van der Waals surface area contributed by atoms with Gasteiger partial charge in [-0.2, -0.15) is 0 Å². The molecule has 2 heterocycles. The summed E-state index contributed by atoms with van der Waals surface area (Å²) < 4.78 is 1.06. The van der Waals surface area contributed by atoms with Gasteiger partial charge in [0.2, 0.25) is 5.91 Å². The first-order chi connectivity index (χ1) is 8.16. The fraction of sp³-hybridized carbons (Fsp3) is 0.636. The van der Waals surface area contributed by atoms with Gasteiger partial charge in [0.25, 0.3) is 0 Å². The van der Waals surface area contributed by atoms with E-state index >= 15 is 0 Å². The summed E-state index contributed by atoms with van der Waals surface area (Å²) in [6.45, 7) is 3.77. The fourth-order valence-corrected chi connectivity index (χ4v) is 3.82. The third kappa shape index (κ3) is 3.35. The Labute approximate surface area is 110 Å². The highest BCUT2D eigenvalue weighted by Gasteiger charge is 2.17. The molecule has 1 aromatic rings. The predicted molar refractivity (Wildman–Crippen MR) is 72.4 cm³/mol. The summed E-state index contributed by atoms with van der Waals surface area (Å²) >= 11 is 3.02. The highest BCUT2D eigenvalue weighted by atomic mass is 32.2. The molecule has 0 radical (unpaired) electrons. The molecule has 1 saturated heterocycles. The van der Waals surface area contributed by atoms with E-state index in [1.54, 1.807) is 11.8 Å². The van der Waals surface area contributed by atoms with Crippen molar-refractivity contribution in [3.63, 3.8) is 0 Å². The number of aromatic nitrogens is 1. The van der Waals surface area contributed by atoms with Crippen LogP contribution in [-0.4, -0.2) is 34.6 Å². The maximum Gasteiger partial charge on any atom is 0.232 e. The molecule has 2 rings (SSSR count). The molecule has 1 aromatic heterocycles. The molecule has 0 aromatic carbocycles. The van der Waals surface area contributed by atoms with Crippen LogP contribution in [0.15, 0.2) is 4.21 Å². The van der Waals surface area contributed by atoms with E-state index in [4.69, 9.17) is 5.73 Å². The summed E-state index contributed by atoms with van der Waals surface area (Å²) in [6.07, 6.45) is 3.54. The third-order valence-electron chi connectivity index (χ3n) is 2.81. The van der Waals surface area contributed by atoms with Crippen molar-refractivity contribution < 1.29 is 4.79 Å². The molecule has 1 amide bonds. The Morgan fingerprint density at radius 2 is 2.18 bits per heavy atom. The zero-order valence-corrected chi connectivity index (χ0v) is 11.6. The Bertz CT molecular complexity index is 399. The average Bonchev–Trinajstić information content (AvgIpc) is 2.66. The van der Waals surface area contributed by atoms with E-state index in [2.05, 4.69) is 4.98 Å². The van der Waals surface area contributed by atoms with E-state index in [1.807, 2.05) is 11.8 Å². The molecule has 1 aliphatic rings. The van der Waals surface area contributed by atoms with E-state index in [9.17, 15) is 4.79 Å². The van der Waals surface area contributed by atoms with Crippen LogP contribution in [0.2, 0.25) is 0 Å². The van der Waals surface area contributed by atoms with Gasteiger partial charge in [0, 0.05) is 13.1 Å². The molecule has 0 spiro atoms. The van der Waals surface area contributed by atoms with E-state index < -0.39 is 0 Å². The first-order valence-electron chi connectivity index (χ1n) is 5.80. The van der Waals surface area contributed by atoms with E-state index in [1.165, 1.54) is 17.8 Å². The van der Waals surface area contributed by atoms with Crippen LogP contribution in [0.25, 0.3) is 0 Å². The Hall–Kier alpha value is -0.750. The lowest BCUT2D eigenvalue weighted by molar-refractivity contribution is -0.129. The second-order valence-electron chi connectivity index (χ2n) is 4.16. The topological polar surface area (TPSA) is 59.2 Å². The van der Waals surface area contributed by atoms with Crippen molar-refractivity contribution in [2.24, 2.45) is 0 Å². The van der Waals surface area contributed by atoms with Crippen LogP contribution in [0.3, 0.4) is 0 Å². The number of carbonyl (C=O) groups excluding carboxylic acids is 1. The van der Waals surface area contributed by atoms with Crippen molar-refractivity contribution in [3.05, 3.63) is 5.69 Å². The van der Waals surface area contributed by atoms with E-state index in [-0.39, 0.29) is 5.91 Å². The number of hydrogen-bond donors (Lipinski definition) is 1. The second-order valence-corrected chi connectivity index (χ2v) is 6.43. The quantitative estimate of drug-likeness (QED) is 0.856. The molecule has 1 aliphatic heterocycles. The first-order valence-corrected chi connectivity index (χ1v) is 7.60. The molecule has 4 nitrogen and oxygen atoms in total. The number of rotatable bonds is 3. The monoisotopic (exact) mass is 271 g/mol. The van der Waals surface area contributed by atoms with Crippen molar-refractivity contribution in [1.29, 1.82) is 0 Å². The molecular weight excluding hydrogens is 254 g/mol. The summed E-state index contributed by atoms with van der Waals surface area (Å²) in [7, 11) is 0. The van der Waals surface area contributed by atoms with Crippen molar-refractivity contribution in [1.82, 2.24) is 9.88 Å². The van der Waals surface area contributed by atoms with Crippen molar-refractivity contribution in [2.75, 3.05) is 24.6 Å². The fourth-order valence-electron chi connectivity index (χ4n) is 1.90. The lowest BCUT2D eigenvalue weighted by atomic mass is 10.1. The van der Waals surface area contributed by atoms with Crippen LogP contribution in [0.4, 0.5) is 5.13 Å². The maximum atomic E-state index is 11.9. The van der Waals surface area contributed by atoms with Crippen LogP contribution in [0.5, 0.6) is 0 Å². The number of amides is 1. The number of likely N-dealkylation sites (tertiary alicyclic amines) is 1. The average molecular weight is 271 g/mol. The highest BCUT2D eigenvalue weighted by molar-refractivity contribution is 8.01. The van der Waals surface area contributed by atoms with Gasteiger partial charge in [-0.3, -0.25) is 4.79 Å². The van der Waals surface area contributed by atoms with E-state index in [0.717, 1.165) is 35.8 Å². The van der Waals surface area contributed by atoms with Gasteiger partial charge < -0.3 is 10.6 Å². The molecule has 1 fully saturated rings. The number of hydrogen-bond acceptors (Lipinski definition) is 5. The number of piperidine rings is 1. The molecular formula is C11H17N3OS2. The number of aryl methyl sites for hydroxylation is 1. The van der Waals surface area contributed by atoms with Gasteiger partial charge in [0.1, 0.15) is 0 Å². The Morgan fingerprint density at radius 1 is 1.47 bits per heavy atom. The van der Waals surface area contributed by atoms with Gasteiger partial charge in [0.05, 0.1) is 15.7 Å².